The average Bonchev–Trinajstić information content (AvgIpc) is 3.51. The maximum atomic E-state index is 14.7. The van der Waals surface area contributed by atoms with Gasteiger partial charge in [-0.2, -0.15) is 0 Å². The third-order valence-corrected chi connectivity index (χ3v) is 8.72. The number of thiazole rings is 1. The van der Waals surface area contributed by atoms with E-state index in [1.165, 1.54) is 16.2 Å². The molecule has 0 bridgehead atoms. The van der Waals surface area contributed by atoms with E-state index in [0.29, 0.717) is 40.3 Å². The van der Waals surface area contributed by atoms with Crippen molar-refractivity contribution in [1.29, 1.82) is 0 Å². The number of anilines is 2. The molecule has 7 nitrogen and oxygen atoms in total. The van der Waals surface area contributed by atoms with Crippen LogP contribution in [0.3, 0.4) is 0 Å². The van der Waals surface area contributed by atoms with Gasteiger partial charge in [0, 0.05) is 12.1 Å². The molecule has 0 fully saturated rings. The maximum Gasteiger partial charge on any atom is 0.297 e. The molecule has 5 aromatic rings. The molecule has 2 amide bonds. The molecule has 2 aromatic heterocycles. The first-order chi connectivity index (χ1) is 18.8. The first-order valence-corrected chi connectivity index (χ1v) is 13.8. The smallest absolute Gasteiger partial charge is 0.297 e. The second-order valence-corrected chi connectivity index (χ2v) is 11.4. The van der Waals surface area contributed by atoms with Crippen molar-refractivity contribution in [3.63, 3.8) is 0 Å². The van der Waals surface area contributed by atoms with Crippen LogP contribution in [0.25, 0.3) is 21.2 Å². The van der Waals surface area contributed by atoms with Crippen molar-refractivity contribution in [2.24, 2.45) is 0 Å². The first-order valence-electron chi connectivity index (χ1n) is 13.0. The number of rotatable bonds is 3. The number of aryl methyl sites for hydroxylation is 3. The van der Waals surface area contributed by atoms with Crippen molar-refractivity contribution in [3.05, 3.63) is 98.4 Å². The molecule has 4 heterocycles. The van der Waals surface area contributed by atoms with E-state index in [4.69, 9.17) is 9.40 Å². The SMILES string of the molecule is CCCN1C(=O)C2(c3ccccc31)c1c(oc3ccc(C)cc3c1=O)C(=O)N2c1nc2c(C)cc(C)cc2s1. The molecule has 0 N–H and O–H groups in total. The summed E-state index contributed by atoms with van der Waals surface area (Å²) in [6, 6.07) is 16.8. The lowest BCUT2D eigenvalue weighted by Crippen LogP contribution is -2.53. The zero-order valence-electron chi connectivity index (χ0n) is 22.0. The van der Waals surface area contributed by atoms with Crippen LogP contribution in [-0.2, 0) is 10.3 Å². The van der Waals surface area contributed by atoms with Crippen LogP contribution in [0.5, 0.6) is 0 Å². The van der Waals surface area contributed by atoms with Crippen LogP contribution < -0.4 is 15.2 Å². The Balaban J connectivity index is 1.63. The molecule has 39 heavy (non-hydrogen) atoms. The van der Waals surface area contributed by atoms with Gasteiger partial charge < -0.3 is 9.32 Å². The summed E-state index contributed by atoms with van der Waals surface area (Å²) in [5.74, 6) is -0.992. The van der Waals surface area contributed by atoms with Crippen molar-refractivity contribution < 1.29 is 14.0 Å². The average molecular weight is 536 g/mol. The third kappa shape index (κ3) is 2.97. The Hall–Kier alpha value is -4.30. The minimum Gasteiger partial charge on any atom is -0.450 e. The Morgan fingerprint density at radius 3 is 2.56 bits per heavy atom. The van der Waals surface area contributed by atoms with Gasteiger partial charge in [-0.1, -0.05) is 54.2 Å². The number of carbonyl (C=O) groups excluding carboxylic acids is 2. The van der Waals surface area contributed by atoms with Gasteiger partial charge in [-0.15, -0.1) is 0 Å². The topological polar surface area (TPSA) is 83.7 Å². The van der Waals surface area contributed by atoms with Gasteiger partial charge in [0.2, 0.25) is 5.76 Å². The van der Waals surface area contributed by atoms with E-state index in [9.17, 15) is 14.4 Å². The Morgan fingerprint density at radius 2 is 1.77 bits per heavy atom. The van der Waals surface area contributed by atoms with Crippen LogP contribution >= 0.6 is 11.3 Å². The predicted molar refractivity (Wildman–Crippen MR) is 153 cm³/mol. The number of para-hydroxylation sites is 1. The van der Waals surface area contributed by atoms with Crippen LogP contribution in [0.2, 0.25) is 0 Å². The molecule has 0 aliphatic carbocycles. The highest BCUT2D eigenvalue weighted by molar-refractivity contribution is 7.22. The van der Waals surface area contributed by atoms with Gasteiger partial charge in [0.15, 0.2) is 16.1 Å². The molecule has 7 rings (SSSR count). The molecule has 2 aliphatic rings. The Labute approximate surface area is 228 Å². The molecular weight excluding hydrogens is 510 g/mol. The number of nitrogens with zero attached hydrogens (tertiary/aromatic N) is 3. The Kier molecular flexibility index (Phi) is 4.94. The standard InChI is InChI=1S/C31H25N3O4S/c1-5-12-33-21-9-7-6-8-20(21)31(29(33)37)24-26(35)19-14-16(2)10-11-22(19)38-27(24)28(36)34(31)30-32-25-18(4)13-17(3)15-23(25)39-30/h6-11,13-15H,5,12H2,1-4H3. The van der Waals surface area contributed by atoms with Crippen molar-refractivity contribution in [3.8, 4) is 0 Å². The zero-order chi connectivity index (χ0) is 27.2. The van der Waals surface area contributed by atoms with Gasteiger partial charge in [0.05, 0.1) is 26.9 Å². The van der Waals surface area contributed by atoms with Crippen LogP contribution in [-0.4, -0.2) is 23.3 Å². The molecular formula is C31H25N3O4S. The van der Waals surface area contributed by atoms with E-state index in [1.807, 2.05) is 70.2 Å². The fraction of sp³-hybridized carbons (Fsp3) is 0.226. The monoisotopic (exact) mass is 535 g/mol. The van der Waals surface area contributed by atoms with E-state index in [2.05, 4.69) is 0 Å². The summed E-state index contributed by atoms with van der Waals surface area (Å²) in [6.45, 7) is 8.33. The lowest BCUT2D eigenvalue weighted by atomic mass is 9.84. The Morgan fingerprint density at radius 1 is 0.974 bits per heavy atom. The number of carbonyl (C=O) groups is 2. The number of benzene rings is 3. The third-order valence-electron chi connectivity index (χ3n) is 7.74. The number of aromatic nitrogens is 1. The fourth-order valence-corrected chi connectivity index (χ4v) is 7.37. The van der Waals surface area contributed by atoms with E-state index < -0.39 is 11.4 Å². The van der Waals surface area contributed by atoms with E-state index in [-0.39, 0.29) is 22.7 Å². The predicted octanol–water partition coefficient (Wildman–Crippen LogP) is 5.99. The minimum absolute atomic E-state index is 0.0637. The second kappa shape index (κ2) is 8.10. The summed E-state index contributed by atoms with van der Waals surface area (Å²) in [5.41, 5.74) is 3.27. The molecule has 0 saturated carbocycles. The number of amides is 2. The normalized spacial score (nSPS) is 18.2. The van der Waals surface area contributed by atoms with Gasteiger partial charge in [-0.3, -0.25) is 19.3 Å². The van der Waals surface area contributed by atoms with Crippen molar-refractivity contribution >= 4 is 55.2 Å². The Bertz CT molecular complexity index is 1960. The summed E-state index contributed by atoms with van der Waals surface area (Å²) in [5, 5.41) is 0.703. The molecule has 0 saturated heterocycles. The highest BCUT2D eigenvalue weighted by Crippen LogP contribution is 2.55. The summed E-state index contributed by atoms with van der Waals surface area (Å²) in [6.07, 6.45) is 0.710. The quantitative estimate of drug-likeness (QED) is 0.283. The van der Waals surface area contributed by atoms with Gasteiger partial charge in [0.25, 0.3) is 11.8 Å². The summed E-state index contributed by atoms with van der Waals surface area (Å²) in [4.78, 5) is 51.4. The highest BCUT2D eigenvalue weighted by atomic mass is 32.1. The van der Waals surface area contributed by atoms with Gasteiger partial charge in [-0.05, 0) is 62.6 Å². The molecule has 1 atom stereocenters. The van der Waals surface area contributed by atoms with Crippen molar-refractivity contribution in [1.82, 2.24) is 4.98 Å². The number of fused-ring (bicyclic) bond motifs is 6. The van der Waals surface area contributed by atoms with Crippen LogP contribution in [0.15, 0.2) is 63.8 Å². The van der Waals surface area contributed by atoms with E-state index in [1.54, 1.807) is 17.0 Å². The molecule has 8 heteroatoms. The lowest BCUT2D eigenvalue weighted by molar-refractivity contribution is -0.121. The molecule has 1 spiro atoms. The summed E-state index contributed by atoms with van der Waals surface area (Å²) >= 11 is 1.34. The van der Waals surface area contributed by atoms with Crippen molar-refractivity contribution in [2.75, 3.05) is 16.3 Å². The molecule has 3 aromatic carbocycles. The van der Waals surface area contributed by atoms with Crippen LogP contribution in [0.4, 0.5) is 10.8 Å². The number of hydrogen-bond donors (Lipinski definition) is 0. The largest absolute Gasteiger partial charge is 0.450 e. The van der Waals surface area contributed by atoms with E-state index >= 15 is 0 Å². The van der Waals surface area contributed by atoms with Crippen LogP contribution in [0.1, 0.15) is 51.7 Å². The second-order valence-electron chi connectivity index (χ2n) is 10.4. The molecule has 2 aliphatic heterocycles. The van der Waals surface area contributed by atoms with E-state index in [0.717, 1.165) is 26.9 Å². The minimum atomic E-state index is -1.71. The zero-order valence-corrected chi connectivity index (χ0v) is 22.8. The molecule has 194 valence electrons. The van der Waals surface area contributed by atoms with Crippen molar-refractivity contribution in [2.45, 2.75) is 39.7 Å². The first kappa shape index (κ1) is 23.8. The highest BCUT2D eigenvalue weighted by Gasteiger charge is 2.66. The summed E-state index contributed by atoms with van der Waals surface area (Å²) in [7, 11) is 0. The molecule has 1 unspecified atom stereocenters. The van der Waals surface area contributed by atoms with Gasteiger partial charge >= 0.3 is 0 Å². The number of hydrogen-bond acceptors (Lipinski definition) is 6. The maximum absolute atomic E-state index is 14.7. The summed E-state index contributed by atoms with van der Waals surface area (Å²) < 4.78 is 7.09. The van der Waals surface area contributed by atoms with Gasteiger partial charge in [0.1, 0.15) is 5.58 Å². The van der Waals surface area contributed by atoms with Gasteiger partial charge in [-0.25, -0.2) is 4.98 Å². The fourth-order valence-electron chi connectivity index (χ4n) is 6.18. The van der Waals surface area contributed by atoms with Crippen LogP contribution in [0, 0.1) is 20.8 Å². The molecule has 0 radical (unpaired) electrons. The lowest BCUT2D eigenvalue weighted by Gasteiger charge is -2.32.